The minimum absolute atomic E-state index is 0.216. The average molecular weight is 394 g/mol. The van der Waals surface area contributed by atoms with Crippen molar-refractivity contribution >= 4 is 35.1 Å². The second-order valence-corrected chi connectivity index (χ2v) is 7.12. The van der Waals surface area contributed by atoms with Crippen LogP contribution in [-0.2, 0) is 11.4 Å². The van der Waals surface area contributed by atoms with Crippen molar-refractivity contribution in [3.8, 4) is 5.75 Å². The third-order valence-electron chi connectivity index (χ3n) is 3.23. The first kappa shape index (κ1) is 18.3. The number of aromatic amines is 1. The fourth-order valence-corrected chi connectivity index (χ4v) is 2.81. The van der Waals surface area contributed by atoms with Gasteiger partial charge in [-0.15, -0.1) is 5.10 Å². The van der Waals surface area contributed by atoms with Gasteiger partial charge in [0.25, 0.3) is 0 Å². The molecule has 0 saturated carbocycles. The zero-order chi connectivity index (χ0) is 18.5. The van der Waals surface area contributed by atoms with Crippen molar-refractivity contribution in [2.24, 2.45) is 0 Å². The molecule has 0 spiro atoms. The summed E-state index contributed by atoms with van der Waals surface area (Å²) < 4.78 is 10.5. The van der Waals surface area contributed by atoms with Crippen molar-refractivity contribution in [1.29, 1.82) is 0 Å². The highest BCUT2D eigenvalue weighted by Crippen LogP contribution is 2.21. The zero-order valence-corrected chi connectivity index (χ0v) is 15.6. The number of aryl methyl sites for hydroxylation is 1. The maximum atomic E-state index is 12.2. The largest absolute Gasteiger partial charge is 0.486 e. The number of ether oxygens (including phenoxy) is 1. The van der Waals surface area contributed by atoms with Crippen LogP contribution in [0.2, 0.25) is 5.02 Å². The molecule has 3 aromatic rings. The Morgan fingerprint density at radius 2 is 2.19 bits per heavy atom. The van der Waals surface area contributed by atoms with Crippen molar-refractivity contribution in [2.75, 3.05) is 5.32 Å². The number of hydrogen-bond acceptors (Lipinski definition) is 7. The predicted octanol–water partition coefficient (Wildman–Crippen LogP) is 3.45. The van der Waals surface area contributed by atoms with E-state index in [2.05, 4.69) is 25.7 Å². The molecule has 26 heavy (non-hydrogen) atoms. The van der Waals surface area contributed by atoms with Gasteiger partial charge in [-0.1, -0.05) is 28.5 Å². The number of H-pyrrole nitrogens is 1. The molecule has 2 heterocycles. The SMILES string of the molecule is Cc1cc(NC(=O)C(C)Sc2n[nH]c(COc3ccc(Cl)cc3)n2)no1. The van der Waals surface area contributed by atoms with Gasteiger partial charge < -0.3 is 14.6 Å². The van der Waals surface area contributed by atoms with Gasteiger partial charge in [-0.2, -0.15) is 0 Å². The highest BCUT2D eigenvalue weighted by atomic mass is 35.5. The number of carbonyl (C=O) groups excluding carboxylic acids is 1. The monoisotopic (exact) mass is 393 g/mol. The molecule has 1 aromatic carbocycles. The smallest absolute Gasteiger partial charge is 0.238 e. The number of aromatic nitrogens is 4. The van der Waals surface area contributed by atoms with Crippen LogP contribution in [0.15, 0.2) is 40.0 Å². The normalized spacial score (nSPS) is 12.0. The lowest BCUT2D eigenvalue weighted by Gasteiger charge is -2.07. The second-order valence-electron chi connectivity index (χ2n) is 5.38. The lowest BCUT2D eigenvalue weighted by Crippen LogP contribution is -2.22. The minimum atomic E-state index is -0.409. The summed E-state index contributed by atoms with van der Waals surface area (Å²) in [4.78, 5) is 16.5. The van der Waals surface area contributed by atoms with Crippen molar-refractivity contribution in [3.05, 3.63) is 46.9 Å². The van der Waals surface area contributed by atoms with Crippen molar-refractivity contribution in [3.63, 3.8) is 0 Å². The van der Waals surface area contributed by atoms with Gasteiger partial charge >= 0.3 is 0 Å². The fourth-order valence-electron chi connectivity index (χ4n) is 1.94. The summed E-state index contributed by atoms with van der Waals surface area (Å²) in [5.41, 5.74) is 0. The van der Waals surface area contributed by atoms with E-state index >= 15 is 0 Å². The second kappa shape index (κ2) is 8.24. The predicted molar refractivity (Wildman–Crippen MR) is 97.4 cm³/mol. The third kappa shape index (κ3) is 4.99. The quantitative estimate of drug-likeness (QED) is 0.592. The molecule has 1 unspecified atom stereocenters. The highest BCUT2D eigenvalue weighted by Gasteiger charge is 2.18. The Labute approximate surface area is 158 Å². The first-order chi connectivity index (χ1) is 12.5. The number of nitrogens with zero attached hydrogens (tertiary/aromatic N) is 3. The van der Waals surface area contributed by atoms with Crippen molar-refractivity contribution < 1.29 is 14.1 Å². The molecular weight excluding hydrogens is 378 g/mol. The molecule has 8 nitrogen and oxygen atoms in total. The van der Waals surface area contributed by atoms with Gasteiger partial charge in [0.15, 0.2) is 11.6 Å². The number of nitrogens with one attached hydrogen (secondary N) is 2. The molecule has 0 aliphatic rings. The Balaban J connectivity index is 1.50. The van der Waals surface area contributed by atoms with Crippen molar-refractivity contribution in [1.82, 2.24) is 20.3 Å². The Hall–Kier alpha value is -2.52. The van der Waals surface area contributed by atoms with Crippen LogP contribution in [0.3, 0.4) is 0 Å². The lowest BCUT2D eigenvalue weighted by molar-refractivity contribution is -0.115. The molecule has 0 radical (unpaired) electrons. The lowest BCUT2D eigenvalue weighted by atomic mass is 10.3. The van der Waals surface area contributed by atoms with Gasteiger partial charge in [-0.3, -0.25) is 9.89 Å². The average Bonchev–Trinajstić information content (AvgIpc) is 3.23. The Kier molecular flexibility index (Phi) is 5.79. The van der Waals surface area contributed by atoms with E-state index in [0.29, 0.717) is 33.3 Å². The maximum Gasteiger partial charge on any atom is 0.238 e. The molecule has 3 rings (SSSR count). The summed E-state index contributed by atoms with van der Waals surface area (Å²) in [7, 11) is 0. The molecule has 1 atom stereocenters. The number of benzene rings is 1. The maximum absolute atomic E-state index is 12.2. The van der Waals surface area contributed by atoms with Crippen LogP contribution in [0.25, 0.3) is 0 Å². The van der Waals surface area contributed by atoms with E-state index in [1.165, 1.54) is 11.8 Å². The molecule has 2 aromatic heterocycles. The molecule has 0 aliphatic heterocycles. The van der Waals surface area contributed by atoms with E-state index in [1.54, 1.807) is 44.2 Å². The molecule has 0 saturated heterocycles. The summed E-state index contributed by atoms with van der Waals surface area (Å²) in [6.07, 6.45) is 0. The minimum Gasteiger partial charge on any atom is -0.486 e. The fraction of sp³-hybridized carbons (Fsp3) is 0.250. The molecule has 0 bridgehead atoms. The van der Waals surface area contributed by atoms with Crippen LogP contribution < -0.4 is 10.1 Å². The Morgan fingerprint density at radius 3 is 2.88 bits per heavy atom. The summed E-state index contributed by atoms with van der Waals surface area (Å²) in [6, 6.07) is 8.68. The molecular formula is C16H16ClN5O3S. The van der Waals surface area contributed by atoms with Gasteiger partial charge in [-0.05, 0) is 38.1 Å². The first-order valence-electron chi connectivity index (χ1n) is 7.70. The van der Waals surface area contributed by atoms with Crippen LogP contribution in [0.4, 0.5) is 5.82 Å². The summed E-state index contributed by atoms with van der Waals surface area (Å²) in [5.74, 6) is 2.02. The first-order valence-corrected chi connectivity index (χ1v) is 8.96. The van der Waals surface area contributed by atoms with E-state index in [0.717, 1.165) is 0 Å². The summed E-state index contributed by atoms with van der Waals surface area (Å²) in [5, 5.41) is 14.0. The van der Waals surface area contributed by atoms with E-state index < -0.39 is 5.25 Å². The molecule has 2 N–H and O–H groups in total. The molecule has 10 heteroatoms. The molecule has 0 fully saturated rings. The van der Waals surface area contributed by atoms with Crippen molar-refractivity contribution in [2.45, 2.75) is 30.9 Å². The molecule has 0 aliphatic carbocycles. The van der Waals surface area contributed by atoms with Gasteiger partial charge in [-0.25, -0.2) is 4.98 Å². The number of carbonyl (C=O) groups is 1. The van der Waals surface area contributed by atoms with Gasteiger partial charge in [0, 0.05) is 11.1 Å². The van der Waals surface area contributed by atoms with Crippen LogP contribution in [0.5, 0.6) is 5.75 Å². The van der Waals surface area contributed by atoms with Gasteiger partial charge in [0.1, 0.15) is 18.1 Å². The molecule has 1 amide bonds. The van der Waals surface area contributed by atoms with Crippen LogP contribution in [0, 0.1) is 6.92 Å². The number of amides is 1. The van der Waals surface area contributed by atoms with E-state index in [4.69, 9.17) is 20.9 Å². The topological polar surface area (TPSA) is 106 Å². The molecule has 136 valence electrons. The Morgan fingerprint density at radius 1 is 1.42 bits per heavy atom. The number of hydrogen-bond donors (Lipinski definition) is 2. The third-order valence-corrected chi connectivity index (χ3v) is 4.44. The summed E-state index contributed by atoms with van der Waals surface area (Å²) in [6.45, 7) is 3.74. The zero-order valence-electron chi connectivity index (χ0n) is 14.0. The van der Waals surface area contributed by atoms with E-state index in [9.17, 15) is 4.79 Å². The standard InChI is InChI=1S/C16H16ClN5O3S/c1-9-7-13(22-25-9)18-15(23)10(2)26-16-19-14(20-21-16)8-24-12-5-3-11(17)4-6-12/h3-7,10H,8H2,1-2H3,(H,18,22,23)(H,19,20,21). The van der Waals surface area contributed by atoms with Crippen LogP contribution >= 0.6 is 23.4 Å². The van der Waals surface area contributed by atoms with Gasteiger partial charge in [0.2, 0.25) is 11.1 Å². The number of anilines is 1. The van der Waals surface area contributed by atoms with E-state index in [-0.39, 0.29) is 12.5 Å². The van der Waals surface area contributed by atoms with E-state index in [1.807, 2.05) is 0 Å². The summed E-state index contributed by atoms with van der Waals surface area (Å²) >= 11 is 7.06. The number of rotatable bonds is 7. The number of halogens is 1. The Bertz CT molecular complexity index is 880. The van der Waals surface area contributed by atoms with Crippen LogP contribution in [0.1, 0.15) is 18.5 Å². The number of thioether (sulfide) groups is 1. The van der Waals surface area contributed by atoms with Gasteiger partial charge in [0.05, 0.1) is 5.25 Å². The van der Waals surface area contributed by atoms with Crippen LogP contribution in [-0.4, -0.2) is 31.5 Å². The highest BCUT2D eigenvalue weighted by molar-refractivity contribution is 8.00.